The number of phenols is 1. The number of Topliss-reactive ketones (excluding diaryl/α,β-unsaturated/α-hetero) is 1. The second-order valence-electron chi connectivity index (χ2n) is 7.19. The van der Waals surface area contributed by atoms with Crippen LogP contribution < -0.4 is 5.32 Å². The molecular formula is C26H17NO4S. The van der Waals surface area contributed by atoms with Gasteiger partial charge in [0.05, 0.1) is 10.5 Å². The summed E-state index contributed by atoms with van der Waals surface area (Å²) in [6, 6.07) is 24.8. The van der Waals surface area contributed by atoms with E-state index in [-0.39, 0.29) is 17.1 Å². The van der Waals surface area contributed by atoms with Gasteiger partial charge in [0.1, 0.15) is 17.3 Å². The first-order chi connectivity index (χ1) is 15.6. The second kappa shape index (κ2) is 8.24. The number of nitrogens with one attached hydrogen (secondary N) is 1. The number of carbonyl (C=O) groups is 2. The Hall–Kier alpha value is -4.03. The van der Waals surface area contributed by atoms with Crippen LogP contribution in [0, 0.1) is 0 Å². The van der Waals surface area contributed by atoms with Crippen LogP contribution in [-0.2, 0) is 0 Å². The SMILES string of the molecule is O=C(Nc1ccccc1)c1cc(-c2ccc(/C=C3\Sc4ccccc4C3=O)o2)ccc1O. The summed E-state index contributed by atoms with van der Waals surface area (Å²) in [5.74, 6) is 0.496. The van der Waals surface area contributed by atoms with Crippen LogP contribution >= 0.6 is 11.8 Å². The number of hydrogen-bond acceptors (Lipinski definition) is 5. The van der Waals surface area contributed by atoms with Gasteiger partial charge in [-0.15, -0.1) is 0 Å². The van der Waals surface area contributed by atoms with E-state index in [0.717, 1.165) is 4.90 Å². The highest BCUT2D eigenvalue weighted by molar-refractivity contribution is 8.04. The lowest BCUT2D eigenvalue weighted by Gasteiger charge is -2.08. The molecule has 2 heterocycles. The molecule has 0 bridgehead atoms. The Bertz CT molecular complexity index is 1370. The van der Waals surface area contributed by atoms with Crippen LogP contribution in [-0.4, -0.2) is 16.8 Å². The monoisotopic (exact) mass is 439 g/mol. The van der Waals surface area contributed by atoms with Gasteiger partial charge in [-0.3, -0.25) is 9.59 Å². The number of ketones is 1. The summed E-state index contributed by atoms with van der Waals surface area (Å²) >= 11 is 1.42. The number of rotatable bonds is 4. The highest BCUT2D eigenvalue weighted by Gasteiger charge is 2.25. The predicted octanol–water partition coefficient (Wildman–Crippen LogP) is 6.23. The van der Waals surface area contributed by atoms with Gasteiger partial charge in [-0.1, -0.05) is 42.1 Å². The molecule has 0 saturated heterocycles. The molecule has 0 radical (unpaired) electrons. The standard InChI is InChI=1S/C26H17NO4S/c28-21-12-10-16(14-20(21)26(30)27-17-6-2-1-3-7-17)22-13-11-18(31-22)15-24-25(29)19-8-4-5-9-23(19)32-24/h1-15,28H,(H,27,30)/b24-15-. The molecule has 3 aromatic carbocycles. The van der Waals surface area contributed by atoms with E-state index in [2.05, 4.69) is 5.32 Å². The maximum absolute atomic E-state index is 12.6. The molecule has 2 N–H and O–H groups in total. The number of allylic oxidation sites excluding steroid dienone is 1. The van der Waals surface area contributed by atoms with Crippen molar-refractivity contribution in [2.45, 2.75) is 4.90 Å². The van der Waals surface area contributed by atoms with E-state index in [0.29, 0.717) is 33.2 Å². The number of fused-ring (bicyclic) bond motifs is 1. The minimum atomic E-state index is -0.421. The maximum Gasteiger partial charge on any atom is 0.259 e. The Morgan fingerprint density at radius 2 is 1.72 bits per heavy atom. The molecule has 1 aliphatic rings. The Morgan fingerprint density at radius 1 is 0.938 bits per heavy atom. The van der Waals surface area contributed by atoms with Gasteiger partial charge in [-0.2, -0.15) is 0 Å². The third kappa shape index (κ3) is 3.84. The second-order valence-corrected chi connectivity index (χ2v) is 8.27. The van der Waals surface area contributed by atoms with Crippen molar-refractivity contribution in [2.75, 3.05) is 5.32 Å². The molecule has 1 aromatic heterocycles. The quantitative estimate of drug-likeness (QED) is 0.368. The van der Waals surface area contributed by atoms with Crippen molar-refractivity contribution >= 4 is 35.2 Å². The van der Waals surface area contributed by atoms with E-state index < -0.39 is 5.91 Å². The van der Waals surface area contributed by atoms with E-state index in [1.807, 2.05) is 42.5 Å². The van der Waals surface area contributed by atoms with Crippen LogP contribution in [0.5, 0.6) is 5.75 Å². The third-order valence-electron chi connectivity index (χ3n) is 5.03. The number of phenolic OH excluding ortho intramolecular Hbond substituents is 1. The molecule has 0 unspecified atom stereocenters. The first kappa shape index (κ1) is 19.9. The summed E-state index contributed by atoms with van der Waals surface area (Å²) in [6.45, 7) is 0. The van der Waals surface area contributed by atoms with E-state index in [1.165, 1.54) is 17.8 Å². The molecule has 0 aliphatic carbocycles. The van der Waals surface area contributed by atoms with Gasteiger partial charge in [-0.25, -0.2) is 0 Å². The molecule has 0 spiro atoms. The van der Waals surface area contributed by atoms with Crippen LogP contribution in [0.2, 0.25) is 0 Å². The fourth-order valence-electron chi connectivity index (χ4n) is 3.44. The van der Waals surface area contributed by atoms with E-state index in [4.69, 9.17) is 4.42 Å². The maximum atomic E-state index is 12.6. The van der Waals surface area contributed by atoms with Crippen molar-refractivity contribution in [3.8, 4) is 17.1 Å². The fourth-order valence-corrected chi connectivity index (χ4v) is 4.47. The summed E-state index contributed by atoms with van der Waals surface area (Å²) in [5, 5.41) is 13.0. The lowest BCUT2D eigenvalue weighted by Crippen LogP contribution is -2.12. The number of carbonyl (C=O) groups excluding carboxylic acids is 2. The smallest absolute Gasteiger partial charge is 0.259 e. The van der Waals surface area contributed by atoms with E-state index in [1.54, 1.807) is 42.5 Å². The minimum absolute atomic E-state index is 0.0203. The number of benzene rings is 3. The molecule has 0 fully saturated rings. The summed E-state index contributed by atoms with van der Waals surface area (Å²) in [4.78, 5) is 26.8. The number of para-hydroxylation sites is 1. The average molecular weight is 439 g/mol. The van der Waals surface area contributed by atoms with Crippen LogP contribution in [0.1, 0.15) is 26.5 Å². The zero-order valence-electron chi connectivity index (χ0n) is 16.7. The summed E-state index contributed by atoms with van der Waals surface area (Å²) in [7, 11) is 0. The number of hydrogen-bond donors (Lipinski definition) is 2. The van der Waals surface area contributed by atoms with Gasteiger partial charge in [0.15, 0.2) is 0 Å². The zero-order valence-corrected chi connectivity index (χ0v) is 17.6. The van der Waals surface area contributed by atoms with Crippen molar-refractivity contribution in [1.29, 1.82) is 0 Å². The average Bonchev–Trinajstić information content (AvgIpc) is 3.40. The van der Waals surface area contributed by atoms with Gasteiger partial charge in [0, 0.05) is 21.7 Å². The fraction of sp³-hybridized carbons (Fsp3) is 0. The highest BCUT2D eigenvalue weighted by atomic mass is 32.2. The highest BCUT2D eigenvalue weighted by Crippen LogP contribution is 2.41. The van der Waals surface area contributed by atoms with Crippen LogP contribution in [0.3, 0.4) is 0 Å². The van der Waals surface area contributed by atoms with E-state index >= 15 is 0 Å². The Labute approximate surface area is 188 Å². The Kier molecular flexibility index (Phi) is 5.13. The predicted molar refractivity (Wildman–Crippen MR) is 125 cm³/mol. The molecule has 0 atom stereocenters. The van der Waals surface area contributed by atoms with Crippen molar-refractivity contribution < 1.29 is 19.1 Å². The summed E-state index contributed by atoms with van der Waals surface area (Å²) < 4.78 is 5.92. The molecule has 5 rings (SSSR count). The lowest BCUT2D eigenvalue weighted by molar-refractivity contribution is 0.102. The molecule has 1 aliphatic heterocycles. The van der Waals surface area contributed by atoms with Crippen molar-refractivity contribution in [3.05, 3.63) is 107 Å². The van der Waals surface area contributed by atoms with Crippen molar-refractivity contribution in [2.24, 2.45) is 0 Å². The topological polar surface area (TPSA) is 79.5 Å². The van der Waals surface area contributed by atoms with Crippen molar-refractivity contribution in [1.82, 2.24) is 0 Å². The molecule has 5 nitrogen and oxygen atoms in total. The van der Waals surface area contributed by atoms with Crippen LogP contribution in [0.4, 0.5) is 5.69 Å². The van der Waals surface area contributed by atoms with Gasteiger partial charge < -0.3 is 14.8 Å². The lowest BCUT2D eigenvalue weighted by atomic mass is 10.1. The van der Waals surface area contributed by atoms with Gasteiger partial charge in [0.25, 0.3) is 5.91 Å². The van der Waals surface area contributed by atoms with Gasteiger partial charge >= 0.3 is 0 Å². The number of furan rings is 1. The zero-order chi connectivity index (χ0) is 22.1. The number of aromatic hydroxyl groups is 1. The minimum Gasteiger partial charge on any atom is -0.507 e. The van der Waals surface area contributed by atoms with Gasteiger partial charge in [0.2, 0.25) is 5.78 Å². The Balaban J connectivity index is 1.39. The summed E-state index contributed by atoms with van der Waals surface area (Å²) in [5.41, 5.74) is 2.11. The number of amides is 1. The molecule has 6 heteroatoms. The first-order valence-electron chi connectivity index (χ1n) is 9.91. The molecule has 4 aromatic rings. The van der Waals surface area contributed by atoms with E-state index in [9.17, 15) is 14.7 Å². The number of anilines is 1. The molecular weight excluding hydrogens is 422 g/mol. The number of thioether (sulfide) groups is 1. The molecule has 0 saturated carbocycles. The Morgan fingerprint density at radius 3 is 2.53 bits per heavy atom. The normalized spacial score (nSPS) is 13.9. The molecule has 1 amide bonds. The largest absolute Gasteiger partial charge is 0.507 e. The van der Waals surface area contributed by atoms with Crippen LogP contribution in [0.25, 0.3) is 17.4 Å². The van der Waals surface area contributed by atoms with Gasteiger partial charge in [-0.05, 0) is 60.7 Å². The molecule has 32 heavy (non-hydrogen) atoms. The first-order valence-corrected chi connectivity index (χ1v) is 10.7. The summed E-state index contributed by atoms with van der Waals surface area (Å²) in [6.07, 6.45) is 1.72. The van der Waals surface area contributed by atoms with Crippen molar-refractivity contribution in [3.63, 3.8) is 0 Å². The molecule has 156 valence electrons. The third-order valence-corrected chi connectivity index (χ3v) is 6.13. The van der Waals surface area contributed by atoms with Crippen LogP contribution in [0.15, 0.2) is 99.1 Å².